The van der Waals surface area contributed by atoms with Crippen molar-refractivity contribution in [3.05, 3.63) is 62.3 Å². The molecule has 0 fully saturated rings. The molecule has 0 saturated heterocycles. The van der Waals surface area contributed by atoms with E-state index in [0.29, 0.717) is 35.6 Å². The largest absolute Gasteiger partial charge is 0.388 e. The molecule has 0 aliphatic rings. The van der Waals surface area contributed by atoms with Crippen molar-refractivity contribution in [2.75, 3.05) is 0 Å². The molecule has 0 radical (unpaired) electrons. The Balaban J connectivity index is 2.27. The van der Waals surface area contributed by atoms with Crippen molar-refractivity contribution in [1.29, 1.82) is 0 Å². The number of rotatable bonds is 8. The quantitative estimate of drug-likeness (QED) is 0.642. The highest BCUT2D eigenvalue weighted by atomic mass is 19.1. The molecule has 3 aromatic rings. The van der Waals surface area contributed by atoms with Crippen LogP contribution in [0.3, 0.4) is 0 Å². The molecule has 7 nitrogen and oxygen atoms in total. The van der Waals surface area contributed by atoms with Crippen molar-refractivity contribution in [2.24, 2.45) is 0 Å². The van der Waals surface area contributed by atoms with Crippen LogP contribution in [0.15, 0.2) is 33.9 Å². The first-order valence-corrected chi connectivity index (χ1v) is 9.59. The summed E-state index contributed by atoms with van der Waals surface area (Å²) in [6, 6.07) is 5.73. The van der Waals surface area contributed by atoms with E-state index in [1.165, 1.54) is 21.3 Å². The van der Waals surface area contributed by atoms with Gasteiger partial charge in [0.15, 0.2) is 11.2 Å². The molecule has 0 aliphatic heterocycles. The zero-order valence-corrected chi connectivity index (χ0v) is 16.2. The lowest BCUT2D eigenvalue weighted by atomic mass is 10.2. The van der Waals surface area contributed by atoms with Gasteiger partial charge in [0.05, 0.1) is 6.54 Å². The molecular formula is C20H25FN4O3. The topological polar surface area (TPSA) is 82.1 Å². The van der Waals surface area contributed by atoms with E-state index < -0.39 is 11.2 Å². The molecule has 0 spiro atoms. The molecular weight excluding hydrogens is 363 g/mol. The first kappa shape index (κ1) is 20.0. The van der Waals surface area contributed by atoms with Crippen molar-refractivity contribution in [3.63, 3.8) is 0 Å². The minimum Gasteiger partial charge on any atom is -0.388 e. The van der Waals surface area contributed by atoms with Crippen LogP contribution < -0.4 is 11.2 Å². The highest BCUT2D eigenvalue weighted by Crippen LogP contribution is 2.14. The fourth-order valence-corrected chi connectivity index (χ4v) is 3.35. The molecule has 0 aliphatic carbocycles. The maximum atomic E-state index is 13.2. The molecule has 2 heterocycles. The average Bonchev–Trinajstić information content (AvgIpc) is 3.05. The van der Waals surface area contributed by atoms with E-state index in [1.54, 1.807) is 16.7 Å². The van der Waals surface area contributed by atoms with Gasteiger partial charge in [-0.05, 0) is 30.5 Å². The van der Waals surface area contributed by atoms with Crippen molar-refractivity contribution >= 4 is 11.2 Å². The number of hydrogen-bond acceptors (Lipinski definition) is 4. The van der Waals surface area contributed by atoms with Gasteiger partial charge in [0, 0.05) is 13.1 Å². The molecule has 8 heteroatoms. The molecule has 150 valence electrons. The van der Waals surface area contributed by atoms with Gasteiger partial charge in [0.2, 0.25) is 0 Å². The Morgan fingerprint density at radius 1 is 1.00 bits per heavy atom. The second-order valence-electron chi connectivity index (χ2n) is 6.82. The van der Waals surface area contributed by atoms with E-state index >= 15 is 0 Å². The van der Waals surface area contributed by atoms with Crippen LogP contribution in [0.4, 0.5) is 4.39 Å². The summed E-state index contributed by atoms with van der Waals surface area (Å²) in [5.41, 5.74) is 0.407. The predicted octanol–water partition coefficient (Wildman–Crippen LogP) is 2.25. The minimum absolute atomic E-state index is 0.0474. The fraction of sp³-hybridized carbons (Fsp3) is 0.450. The highest BCUT2D eigenvalue weighted by Gasteiger charge is 2.21. The Bertz CT molecular complexity index is 1080. The van der Waals surface area contributed by atoms with E-state index in [9.17, 15) is 19.1 Å². The summed E-state index contributed by atoms with van der Waals surface area (Å²) in [6.07, 6.45) is 2.40. The predicted molar refractivity (Wildman–Crippen MR) is 105 cm³/mol. The molecule has 1 N–H and O–H groups in total. The van der Waals surface area contributed by atoms with Gasteiger partial charge in [-0.1, -0.05) is 32.4 Å². The highest BCUT2D eigenvalue weighted by molar-refractivity contribution is 5.71. The molecule has 0 bridgehead atoms. The zero-order valence-electron chi connectivity index (χ0n) is 16.2. The number of aryl methyl sites for hydroxylation is 2. The summed E-state index contributed by atoms with van der Waals surface area (Å²) in [5.74, 6) is -0.00125. The third-order valence-corrected chi connectivity index (χ3v) is 4.77. The van der Waals surface area contributed by atoms with E-state index in [0.717, 1.165) is 19.3 Å². The third kappa shape index (κ3) is 3.64. The number of halogens is 1. The van der Waals surface area contributed by atoms with Crippen LogP contribution in [0.1, 0.15) is 44.5 Å². The Morgan fingerprint density at radius 2 is 1.71 bits per heavy atom. The normalized spacial score (nSPS) is 11.4. The van der Waals surface area contributed by atoms with E-state index in [4.69, 9.17) is 0 Å². The van der Waals surface area contributed by atoms with Crippen LogP contribution in [-0.4, -0.2) is 23.8 Å². The molecule has 1 aromatic carbocycles. The summed E-state index contributed by atoms with van der Waals surface area (Å²) in [5, 5.41) is 9.69. The van der Waals surface area contributed by atoms with Crippen molar-refractivity contribution < 1.29 is 9.50 Å². The van der Waals surface area contributed by atoms with Crippen LogP contribution in [-0.2, 0) is 26.2 Å². The molecule has 3 rings (SSSR count). The number of nitrogens with zero attached hydrogens (tertiary/aromatic N) is 4. The summed E-state index contributed by atoms with van der Waals surface area (Å²) in [7, 11) is 0. The maximum Gasteiger partial charge on any atom is 0.333 e. The van der Waals surface area contributed by atoms with Gasteiger partial charge in [-0.25, -0.2) is 14.2 Å². The number of aliphatic hydroxyl groups is 1. The van der Waals surface area contributed by atoms with Gasteiger partial charge in [-0.2, -0.15) is 0 Å². The Morgan fingerprint density at radius 3 is 2.32 bits per heavy atom. The number of hydrogen-bond donors (Lipinski definition) is 1. The fourth-order valence-electron chi connectivity index (χ4n) is 3.35. The lowest BCUT2D eigenvalue weighted by Crippen LogP contribution is -2.41. The van der Waals surface area contributed by atoms with E-state index in [-0.39, 0.29) is 19.0 Å². The van der Waals surface area contributed by atoms with E-state index in [1.807, 2.05) is 13.8 Å². The van der Waals surface area contributed by atoms with E-state index in [2.05, 4.69) is 4.98 Å². The van der Waals surface area contributed by atoms with Crippen LogP contribution in [0.2, 0.25) is 0 Å². The summed E-state index contributed by atoms with van der Waals surface area (Å²) in [6.45, 7) is 4.68. The Labute approximate surface area is 161 Å². The maximum absolute atomic E-state index is 13.2. The number of unbranched alkanes of at least 4 members (excludes halogenated alkanes) is 1. The van der Waals surface area contributed by atoms with Gasteiger partial charge < -0.3 is 9.67 Å². The first-order valence-electron chi connectivity index (χ1n) is 9.59. The number of imidazole rings is 1. The summed E-state index contributed by atoms with van der Waals surface area (Å²) >= 11 is 0. The molecule has 28 heavy (non-hydrogen) atoms. The van der Waals surface area contributed by atoms with Gasteiger partial charge >= 0.3 is 5.69 Å². The first-order chi connectivity index (χ1) is 13.5. The molecule has 0 amide bonds. The zero-order chi connectivity index (χ0) is 20.3. The van der Waals surface area contributed by atoms with Crippen molar-refractivity contribution in [2.45, 2.75) is 59.4 Å². The SMILES string of the molecule is CCCCn1c(=O)n(Cc2ccc(F)cc2)c(=O)c2c1nc(CO)n2CCC. The van der Waals surface area contributed by atoms with Crippen molar-refractivity contribution in [1.82, 2.24) is 18.7 Å². The van der Waals surface area contributed by atoms with Crippen molar-refractivity contribution in [3.8, 4) is 0 Å². The lowest BCUT2D eigenvalue weighted by Gasteiger charge is -2.12. The number of aromatic nitrogens is 4. The third-order valence-electron chi connectivity index (χ3n) is 4.77. The lowest BCUT2D eigenvalue weighted by molar-refractivity contribution is 0.265. The number of benzene rings is 1. The number of aliphatic hydroxyl groups excluding tert-OH is 1. The molecule has 0 atom stereocenters. The Kier molecular flexibility index (Phi) is 6.08. The summed E-state index contributed by atoms with van der Waals surface area (Å²) in [4.78, 5) is 30.7. The number of fused-ring (bicyclic) bond motifs is 1. The average molecular weight is 388 g/mol. The van der Waals surface area contributed by atoms with Gasteiger partial charge in [-0.15, -0.1) is 0 Å². The van der Waals surface area contributed by atoms with Crippen LogP contribution >= 0.6 is 0 Å². The smallest absolute Gasteiger partial charge is 0.333 e. The van der Waals surface area contributed by atoms with Gasteiger partial charge in [-0.3, -0.25) is 13.9 Å². The molecule has 2 aromatic heterocycles. The minimum atomic E-state index is -0.447. The Hall–Kier alpha value is -2.74. The van der Waals surface area contributed by atoms with Gasteiger partial charge in [0.1, 0.15) is 18.2 Å². The molecule has 0 saturated carbocycles. The van der Waals surface area contributed by atoms with Crippen LogP contribution in [0.25, 0.3) is 11.2 Å². The second kappa shape index (κ2) is 8.52. The van der Waals surface area contributed by atoms with Gasteiger partial charge in [0.25, 0.3) is 5.56 Å². The standard InChI is InChI=1S/C20H25FN4O3/c1-3-5-11-24-18-17(23(10-4-2)16(13-26)22-18)19(27)25(20(24)28)12-14-6-8-15(21)9-7-14/h6-9,26H,3-5,10-13H2,1-2H3. The monoisotopic (exact) mass is 388 g/mol. The van der Waals surface area contributed by atoms with Crippen LogP contribution in [0.5, 0.6) is 0 Å². The van der Waals surface area contributed by atoms with Crippen LogP contribution in [0, 0.1) is 5.82 Å². The molecule has 0 unspecified atom stereocenters. The summed E-state index contributed by atoms with van der Waals surface area (Å²) < 4.78 is 17.6. The second-order valence-corrected chi connectivity index (χ2v) is 6.82.